The zero-order valence-electron chi connectivity index (χ0n) is 37.0. The first kappa shape index (κ1) is 39.3. The Labute approximate surface area is 394 Å². The topological polar surface area (TPSA) is 28.9 Å². The predicted molar refractivity (Wildman–Crippen MR) is 282 cm³/mol. The van der Waals surface area contributed by atoms with Gasteiger partial charge >= 0.3 is 0 Å². The Balaban J connectivity index is 0.936. The normalized spacial score (nSPS) is 11.6. The van der Waals surface area contributed by atoms with E-state index in [0.717, 1.165) is 106 Å². The second-order valence-corrected chi connectivity index (χ2v) is 17.2. The molecule has 0 amide bonds. The molecule has 0 aliphatic carbocycles. The number of anilines is 6. The molecule has 320 valence electrons. The number of nitrogens with zero attached hydrogens (tertiary/aromatic N) is 2. The van der Waals surface area contributed by atoms with Crippen LogP contribution in [0.1, 0.15) is 0 Å². The van der Waals surface area contributed by atoms with Gasteiger partial charge < -0.3 is 19.0 Å². The molecular weight excluding hydrogens is 829 g/mol. The van der Waals surface area contributed by atoms with E-state index in [1.165, 1.54) is 16.7 Å². The summed E-state index contributed by atoms with van der Waals surface area (Å²) in [6, 6.07) is 90.3. The van der Waals surface area contributed by atoms with Crippen LogP contribution in [0, 0.1) is 0 Å². The number of hydrogen-bond acceptors (Lipinski definition) is 4. The standard InChI is InChI=1S/C64H42N2O2/c1-4-15-43(16-5-1)44-29-31-45(32-30-44)46-33-37-50(38-34-46)65(51-39-35-47(36-40-51)52-22-12-24-55-53-21-10-11-28-60(53)67-63(52)55)58-41-42-61-62-54(23-13-26-57(58)62)56-25-14-27-59(64(56)68-61)66(48-17-6-2-7-18-48)49-19-8-3-9-20-49/h1-42H. The van der Waals surface area contributed by atoms with Gasteiger partial charge in [0.1, 0.15) is 16.9 Å². The van der Waals surface area contributed by atoms with Crippen LogP contribution in [0.5, 0.6) is 11.5 Å². The van der Waals surface area contributed by atoms with Crippen molar-refractivity contribution in [1.29, 1.82) is 0 Å². The van der Waals surface area contributed by atoms with E-state index in [1.54, 1.807) is 0 Å². The minimum Gasteiger partial charge on any atom is -0.455 e. The Kier molecular flexibility index (Phi) is 9.47. The minimum atomic E-state index is 0.823. The van der Waals surface area contributed by atoms with Gasteiger partial charge in [0.25, 0.3) is 0 Å². The molecule has 0 N–H and O–H groups in total. The fourth-order valence-corrected chi connectivity index (χ4v) is 10.1. The van der Waals surface area contributed by atoms with Crippen molar-refractivity contribution in [3.05, 3.63) is 255 Å². The Morgan fingerprint density at radius 2 is 0.750 bits per heavy atom. The third kappa shape index (κ3) is 6.69. The molecule has 1 aliphatic rings. The van der Waals surface area contributed by atoms with Gasteiger partial charge in [-0.1, -0.05) is 182 Å². The van der Waals surface area contributed by atoms with E-state index >= 15 is 0 Å². The SMILES string of the molecule is c1ccc(-c2ccc(-c3ccc(N(c4ccc(-c5cccc6c5oc5ccccc56)cc4)c4ccc5c6c(cccc46)-c4cccc(N(c6ccccc6)c6ccccc6)c4O5)cc3)cc2)cc1. The molecule has 0 spiro atoms. The highest BCUT2D eigenvalue weighted by Crippen LogP contribution is 2.55. The maximum atomic E-state index is 7.10. The summed E-state index contributed by atoms with van der Waals surface area (Å²) in [5.74, 6) is 1.65. The molecule has 11 aromatic carbocycles. The van der Waals surface area contributed by atoms with Crippen molar-refractivity contribution in [2.45, 2.75) is 0 Å². The molecule has 0 radical (unpaired) electrons. The van der Waals surface area contributed by atoms with Gasteiger partial charge in [-0.25, -0.2) is 0 Å². The first-order valence-corrected chi connectivity index (χ1v) is 23.1. The van der Waals surface area contributed by atoms with Crippen LogP contribution >= 0.6 is 0 Å². The van der Waals surface area contributed by atoms with E-state index < -0.39 is 0 Å². The van der Waals surface area contributed by atoms with Crippen molar-refractivity contribution in [3.8, 4) is 56.0 Å². The molecule has 0 atom stereocenters. The van der Waals surface area contributed by atoms with E-state index in [0.29, 0.717) is 0 Å². The number of furan rings is 1. The van der Waals surface area contributed by atoms with Crippen LogP contribution in [0.25, 0.3) is 77.2 Å². The van der Waals surface area contributed by atoms with Crippen LogP contribution < -0.4 is 14.5 Å². The third-order valence-electron chi connectivity index (χ3n) is 13.3. The van der Waals surface area contributed by atoms with Crippen molar-refractivity contribution in [1.82, 2.24) is 0 Å². The van der Waals surface area contributed by atoms with Gasteiger partial charge in [-0.3, -0.25) is 0 Å². The number of benzene rings is 11. The van der Waals surface area contributed by atoms with E-state index in [2.05, 4.69) is 252 Å². The Morgan fingerprint density at radius 1 is 0.279 bits per heavy atom. The van der Waals surface area contributed by atoms with Gasteiger partial charge in [0, 0.05) is 55.4 Å². The summed E-state index contributed by atoms with van der Waals surface area (Å²) in [5, 5.41) is 4.41. The second-order valence-electron chi connectivity index (χ2n) is 17.2. The van der Waals surface area contributed by atoms with Crippen LogP contribution in [0.15, 0.2) is 259 Å². The summed E-state index contributed by atoms with van der Waals surface area (Å²) in [6.07, 6.45) is 0. The smallest absolute Gasteiger partial charge is 0.159 e. The average Bonchev–Trinajstić information content (AvgIpc) is 3.80. The monoisotopic (exact) mass is 870 g/mol. The molecule has 0 unspecified atom stereocenters. The Bertz CT molecular complexity index is 3750. The molecule has 12 aromatic rings. The van der Waals surface area contributed by atoms with Crippen LogP contribution in [-0.4, -0.2) is 0 Å². The van der Waals surface area contributed by atoms with Crippen LogP contribution in [0.4, 0.5) is 34.1 Å². The van der Waals surface area contributed by atoms with Crippen molar-refractivity contribution >= 4 is 66.8 Å². The number of para-hydroxylation sites is 5. The largest absolute Gasteiger partial charge is 0.455 e. The first-order valence-electron chi connectivity index (χ1n) is 23.1. The van der Waals surface area contributed by atoms with Gasteiger partial charge in [0.2, 0.25) is 0 Å². The summed E-state index contributed by atoms with van der Waals surface area (Å²) in [5.41, 5.74) is 17.1. The van der Waals surface area contributed by atoms with Gasteiger partial charge in [0.15, 0.2) is 5.75 Å². The van der Waals surface area contributed by atoms with E-state index in [9.17, 15) is 0 Å². The lowest BCUT2D eigenvalue weighted by Gasteiger charge is -2.32. The summed E-state index contributed by atoms with van der Waals surface area (Å²) in [4.78, 5) is 4.65. The Hall–Kier alpha value is -9.12. The summed E-state index contributed by atoms with van der Waals surface area (Å²) < 4.78 is 13.6. The van der Waals surface area contributed by atoms with Gasteiger partial charge in [-0.05, 0) is 106 Å². The fraction of sp³-hybridized carbons (Fsp3) is 0. The summed E-state index contributed by atoms with van der Waals surface area (Å²) in [7, 11) is 0. The fourth-order valence-electron chi connectivity index (χ4n) is 10.1. The molecule has 0 saturated heterocycles. The average molecular weight is 871 g/mol. The summed E-state index contributed by atoms with van der Waals surface area (Å²) >= 11 is 0. The lowest BCUT2D eigenvalue weighted by atomic mass is 9.92. The van der Waals surface area contributed by atoms with E-state index in [1.807, 2.05) is 12.1 Å². The number of ether oxygens (including phenoxy) is 1. The van der Waals surface area contributed by atoms with E-state index in [-0.39, 0.29) is 0 Å². The third-order valence-corrected chi connectivity index (χ3v) is 13.3. The molecule has 4 nitrogen and oxygen atoms in total. The first-order chi connectivity index (χ1) is 33.7. The molecule has 0 saturated carbocycles. The van der Waals surface area contributed by atoms with Gasteiger partial charge in [0.05, 0.1) is 11.4 Å². The molecule has 4 heteroatoms. The maximum absolute atomic E-state index is 7.10. The van der Waals surface area contributed by atoms with Crippen molar-refractivity contribution in [2.75, 3.05) is 9.80 Å². The highest BCUT2D eigenvalue weighted by Gasteiger charge is 2.28. The number of fused-ring (bicyclic) bond motifs is 5. The lowest BCUT2D eigenvalue weighted by Crippen LogP contribution is -2.13. The number of rotatable bonds is 9. The van der Waals surface area contributed by atoms with Crippen molar-refractivity contribution in [3.63, 3.8) is 0 Å². The maximum Gasteiger partial charge on any atom is 0.159 e. The molecule has 13 rings (SSSR count). The molecule has 68 heavy (non-hydrogen) atoms. The highest BCUT2D eigenvalue weighted by molar-refractivity contribution is 6.12. The van der Waals surface area contributed by atoms with Gasteiger partial charge in [-0.2, -0.15) is 0 Å². The van der Waals surface area contributed by atoms with Crippen molar-refractivity contribution in [2.24, 2.45) is 0 Å². The molecule has 1 aliphatic heterocycles. The minimum absolute atomic E-state index is 0.823. The zero-order valence-corrected chi connectivity index (χ0v) is 37.0. The Morgan fingerprint density at radius 3 is 1.41 bits per heavy atom. The van der Waals surface area contributed by atoms with Crippen molar-refractivity contribution < 1.29 is 9.15 Å². The zero-order chi connectivity index (χ0) is 45.0. The molecular formula is C64H42N2O2. The van der Waals surface area contributed by atoms with E-state index in [4.69, 9.17) is 9.15 Å². The van der Waals surface area contributed by atoms with Crippen LogP contribution in [-0.2, 0) is 0 Å². The quantitative estimate of drug-likeness (QED) is 0.144. The number of hydrogen-bond donors (Lipinski definition) is 0. The molecule has 1 aromatic heterocycles. The van der Waals surface area contributed by atoms with Crippen LogP contribution in [0.3, 0.4) is 0 Å². The molecule has 0 bridgehead atoms. The van der Waals surface area contributed by atoms with Crippen LogP contribution in [0.2, 0.25) is 0 Å². The highest BCUT2D eigenvalue weighted by atomic mass is 16.5. The molecule has 0 fully saturated rings. The predicted octanol–water partition coefficient (Wildman–Crippen LogP) is 18.5. The second kappa shape index (κ2) is 16.4. The lowest BCUT2D eigenvalue weighted by molar-refractivity contribution is 0.488. The van der Waals surface area contributed by atoms with Gasteiger partial charge in [-0.15, -0.1) is 0 Å². The summed E-state index contributed by atoms with van der Waals surface area (Å²) in [6.45, 7) is 0. The molecule has 2 heterocycles.